The molecule has 13 heteroatoms. The Hall–Kier alpha value is -3.68. The van der Waals surface area contributed by atoms with E-state index >= 15 is 13.2 Å². The number of ether oxygens (including phenoxy) is 2. The lowest BCUT2D eigenvalue weighted by Crippen LogP contribution is -2.62. The average molecular weight is 742 g/mol. The Morgan fingerprint density at radius 3 is 2.31 bits per heavy atom. The minimum absolute atomic E-state index is 0.0179. The number of amides is 1. The van der Waals surface area contributed by atoms with Gasteiger partial charge in [0, 0.05) is 38.4 Å². The zero-order valence-electron chi connectivity index (χ0n) is 31.9. The van der Waals surface area contributed by atoms with E-state index in [2.05, 4.69) is 66.3 Å². The molecule has 0 saturated carbocycles. The largest absolute Gasteiger partial charge is 0.444 e. The van der Waals surface area contributed by atoms with Gasteiger partial charge >= 0.3 is 6.09 Å². The van der Waals surface area contributed by atoms with Crippen LogP contribution in [0.15, 0.2) is 42.7 Å². The summed E-state index contributed by atoms with van der Waals surface area (Å²) < 4.78 is 63.9. The number of hydrogen-bond acceptors (Lipinski definition) is 8. The molecule has 4 heterocycles. The van der Waals surface area contributed by atoms with Crippen LogP contribution < -0.4 is 15.5 Å². The van der Waals surface area contributed by atoms with Crippen molar-refractivity contribution in [1.82, 2.24) is 15.3 Å². The molecular formula is C39H54F3N5O4Si. The lowest BCUT2D eigenvalue weighted by molar-refractivity contribution is 0.0336. The highest BCUT2D eigenvalue weighted by Crippen LogP contribution is 2.40. The van der Waals surface area contributed by atoms with Crippen LogP contribution in [0.4, 0.5) is 29.3 Å². The van der Waals surface area contributed by atoms with Gasteiger partial charge in [0.2, 0.25) is 0 Å². The molecule has 2 N–H and O–H groups in total. The van der Waals surface area contributed by atoms with Gasteiger partial charge in [0.1, 0.15) is 28.7 Å². The summed E-state index contributed by atoms with van der Waals surface area (Å²) in [5.74, 6) is -2.50. The number of alkyl carbamates (subject to hydrolysis) is 1. The Kier molecular flexibility index (Phi) is 12.0. The highest BCUT2D eigenvalue weighted by Gasteiger charge is 2.45. The maximum Gasteiger partial charge on any atom is 0.408 e. The molecule has 284 valence electrons. The summed E-state index contributed by atoms with van der Waals surface area (Å²) in [4.78, 5) is 24.0. The Morgan fingerprint density at radius 2 is 1.67 bits per heavy atom. The fourth-order valence-electron chi connectivity index (χ4n) is 6.59. The van der Waals surface area contributed by atoms with Gasteiger partial charge in [-0.1, -0.05) is 27.7 Å². The van der Waals surface area contributed by atoms with E-state index in [9.17, 15) is 4.79 Å². The molecular weight excluding hydrogens is 688 g/mol. The third-order valence-corrected chi connectivity index (χ3v) is 14.8. The minimum atomic E-state index is -2.21. The molecule has 2 aliphatic heterocycles. The second kappa shape index (κ2) is 15.7. The lowest BCUT2D eigenvalue weighted by atomic mass is 9.90. The molecule has 0 spiro atoms. The van der Waals surface area contributed by atoms with Gasteiger partial charge in [-0.15, -0.1) is 0 Å². The number of rotatable bonds is 9. The van der Waals surface area contributed by atoms with Crippen LogP contribution in [0.5, 0.6) is 0 Å². The number of anilines is 2. The molecule has 1 aromatic carbocycles. The molecule has 3 aromatic rings. The molecule has 0 unspecified atom stereocenters. The first-order valence-corrected chi connectivity index (χ1v) is 21.1. The van der Waals surface area contributed by atoms with E-state index in [1.54, 1.807) is 12.4 Å². The topological polar surface area (TPSA) is 97.8 Å². The number of pyridine rings is 2. The van der Waals surface area contributed by atoms with Crippen molar-refractivity contribution in [3.05, 3.63) is 71.4 Å². The predicted octanol–water partition coefficient (Wildman–Crippen LogP) is 8.81. The molecule has 1 amide bonds. The molecule has 9 nitrogen and oxygen atoms in total. The van der Waals surface area contributed by atoms with Crippen LogP contribution in [0.25, 0.3) is 11.3 Å². The van der Waals surface area contributed by atoms with Crippen molar-refractivity contribution in [2.24, 2.45) is 5.92 Å². The Morgan fingerprint density at radius 1 is 1.00 bits per heavy atom. The molecule has 5 rings (SSSR count). The zero-order chi connectivity index (χ0) is 38.0. The molecule has 2 aromatic heterocycles. The van der Waals surface area contributed by atoms with Crippen LogP contribution in [0.2, 0.25) is 18.1 Å². The van der Waals surface area contributed by atoms with Crippen LogP contribution in [-0.2, 0) is 20.4 Å². The SMILES string of the molecule is C[C@H]1CN(c2ccncc2NCc2ccc(F)c(-c3c(F)cc(C4CCOCC4)cc3F)n2)C[C@@H](NC(=O)OC(C)(C)C)[C@@H]1O[Si](C)(C)C(C)(C)C. The normalized spacial score (nSPS) is 20.5. The Bertz CT molecular complexity index is 1700. The van der Waals surface area contributed by atoms with Crippen molar-refractivity contribution in [1.29, 1.82) is 0 Å². The smallest absolute Gasteiger partial charge is 0.408 e. The van der Waals surface area contributed by atoms with Gasteiger partial charge in [0.15, 0.2) is 8.32 Å². The molecule has 0 bridgehead atoms. The quantitative estimate of drug-likeness (QED) is 0.210. The summed E-state index contributed by atoms with van der Waals surface area (Å²) in [7, 11) is -2.21. The number of hydrogen-bond donors (Lipinski definition) is 2. The summed E-state index contributed by atoms with van der Waals surface area (Å²) in [5, 5.41) is 6.44. The number of nitrogens with zero attached hydrogens (tertiary/aromatic N) is 3. The molecule has 52 heavy (non-hydrogen) atoms. The fourth-order valence-corrected chi connectivity index (χ4v) is 8.02. The van der Waals surface area contributed by atoms with E-state index in [1.807, 2.05) is 26.8 Å². The van der Waals surface area contributed by atoms with E-state index in [4.69, 9.17) is 13.9 Å². The number of halogens is 3. The van der Waals surface area contributed by atoms with Gasteiger partial charge in [-0.3, -0.25) is 4.98 Å². The summed E-state index contributed by atoms with van der Waals surface area (Å²) in [6, 6.07) is 6.75. The van der Waals surface area contributed by atoms with E-state index < -0.39 is 43.0 Å². The first-order chi connectivity index (χ1) is 24.3. The van der Waals surface area contributed by atoms with Gasteiger partial charge in [-0.2, -0.15) is 0 Å². The van der Waals surface area contributed by atoms with Crippen LogP contribution in [0.1, 0.15) is 78.5 Å². The molecule has 0 radical (unpaired) electrons. The molecule has 3 atom stereocenters. The second-order valence-corrected chi connectivity index (χ2v) is 21.4. The van der Waals surface area contributed by atoms with Crippen LogP contribution in [0.3, 0.4) is 0 Å². The van der Waals surface area contributed by atoms with Gasteiger partial charge in [0.25, 0.3) is 0 Å². The fraction of sp³-hybridized carbons (Fsp3) is 0.564. The van der Waals surface area contributed by atoms with Crippen LogP contribution in [-0.4, -0.2) is 68.4 Å². The van der Waals surface area contributed by atoms with Crippen LogP contribution in [0, 0.1) is 23.4 Å². The van der Waals surface area contributed by atoms with Crippen molar-refractivity contribution in [3.8, 4) is 11.3 Å². The highest BCUT2D eigenvalue weighted by molar-refractivity contribution is 6.74. The van der Waals surface area contributed by atoms with Gasteiger partial charge < -0.3 is 29.4 Å². The lowest BCUT2D eigenvalue weighted by Gasteiger charge is -2.48. The first kappa shape index (κ1) is 39.5. The third-order valence-electron chi connectivity index (χ3n) is 10.3. The molecule has 2 fully saturated rings. The van der Waals surface area contributed by atoms with Crippen molar-refractivity contribution in [3.63, 3.8) is 0 Å². The van der Waals surface area contributed by atoms with Gasteiger partial charge in [-0.05, 0) is 93.6 Å². The second-order valence-electron chi connectivity index (χ2n) is 16.6. The number of aromatic nitrogens is 2. The third kappa shape index (κ3) is 9.45. The van der Waals surface area contributed by atoms with E-state index in [1.165, 1.54) is 24.3 Å². The number of carbonyl (C=O) groups is 1. The standard InChI is InChI=1S/C39H54F3N5O4Si/c1-24-22-47(23-32(46-37(48)50-38(2,3)4)36(24)51-52(8,9)39(5,6)7)33-12-15-43-21-31(33)44-20-27-10-11-28(40)35(45-27)34-29(41)18-26(19-30(34)42)25-13-16-49-17-14-25/h10-12,15,18-19,21,24-25,32,36,44H,13-14,16-17,20,22-23H2,1-9H3,(H,46,48)/t24-,32+,36+/m0/s1. The van der Waals surface area contributed by atoms with E-state index in [0.717, 1.165) is 5.69 Å². The van der Waals surface area contributed by atoms with Gasteiger partial charge in [-0.25, -0.2) is 22.9 Å². The van der Waals surface area contributed by atoms with Crippen molar-refractivity contribution >= 4 is 25.8 Å². The molecule has 2 aliphatic rings. The van der Waals surface area contributed by atoms with E-state index in [0.29, 0.717) is 56.1 Å². The Balaban J connectivity index is 1.37. The van der Waals surface area contributed by atoms with Crippen molar-refractivity contribution in [2.75, 3.05) is 36.5 Å². The monoisotopic (exact) mass is 741 g/mol. The van der Waals surface area contributed by atoms with Gasteiger partial charge in [0.05, 0.1) is 47.5 Å². The first-order valence-electron chi connectivity index (χ1n) is 18.2. The summed E-state index contributed by atoms with van der Waals surface area (Å²) in [5.41, 5.74) is 0.912. The maximum absolute atomic E-state index is 15.4. The van der Waals surface area contributed by atoms with Crippen LogP contribution >= 0.6 is 0 Å². The average Bonchev–Trinajstić information content (AvgIpc) is 3.05. The number of carbonyl (C=O) groups excluding carboxylic acids is 1. The summed E-state index contributed by atoms with van der Waals surface area (Å²) in [6.07, 6.45) is 3.98. The zero-order valence-corrected chi connectivity index (χ0v) is 32.9. The summed E-state index contributed by atoms with van der Waals surface area (Å²) >= 11 is 0. The maximum atomic E-state index is 15.4. The predicted molar refractivity (Wildman–Crippen MR) is 201 cm³/mol. The minimum Gasteiger partial charge on any atom is -0.444 e. The number of nitrogens with one attached hydrogen (secondary N) is 2. The highest BCUT2D eigenvalue weighted by atomic mass is 28.4. The van der Waals surface area contributed by atoms with E-state index in [-0.39, 0.29) is 41.3 Å². The molecule has 0 aliphatic carbocycles. The van der Waals surface area contributed by atoms with Crippen molar-refractivity contribution < 1.29 is 31.9 Å². The molecule has 2 saturated heterocycles. The summed E-state index contributed by atoms with van der Waals surface area (Å²) in [6.45, 7) is 20.9. The number of benzene rings is 1. The number of piperidine rings is 1. The van der Waals surface area contributed by atoms with Crippen molar-refractivity contribution in [2.45, 2.75) is 110 Å². The Labute approximate surface area is 307 Å².